The van der Waals surface area contributed by atoms with Gasteiger partial charge in [0.1, 0.15) is 11.4 Å². The van der Waals surface area contributed by atoms with Crippen molar-refractivity contribution in [3.63, 3.8) is 0 Å². The number of carbonyl (C=O) groups excluding carboxylic acids is 1. The van der Waals surface area contributed by atoms with Crippen LogP contribution in [-0.2, 0) is 16.1 Å². The monoisotopic (exact) mass is 553 g/mol. The fourth-order valence-corrected chi connectivity index (χ4v) is 4.21. The van der Waals surface area contributed by atoms with Gasteiger partial charge in [0, 0.05) is 42.0 Å². The molecule has 5 rings (SSSR count). The first-order valence-electron chi connectivity index (χ1n) is 12.3. The summed E-state index contributed by atoms with van der Waals surface area (Å²) in [5, 5.41) is 9.96. The first-order valence-corrected chi connectivity index (χ1v) is 12.6. The van der Waals surface area contributed by atoms with Crippen molar-refractivity contribution in [3.8, 4) is 11.6 Å². The maximum Gasteiger partial charge on any atom is 0.279 e. The van der Waals surface area contributed by atoms with E-state index >= 15 is 0 Å². The number of halogens is 2. The minimum atomic E-state index is -0.660. The van der Waals surface area contributed by atoms with Crippen LogP contribution in [0.5, 0.6) is 11.6 Å². The first kappa shape index (κ1) is 26.4. The Kier molecular flexibility index (Phi) is 7.89. The molecule has 0 atom stereocenters. The predicted molar refractivity (Wildman–Crippen MR) is 142 cm³/mol. The van der Waals surface area contributed by atoms with E-state index < -0.39 is 11.4 Å². The largest absolute Gasteiger partial charge is 0.433 e. The Morgan fingerprint density at radius 3 is 2.64 bits per heavy atom. The number of nitrogens with zero attached hydrogens (tertiary/aromatic N) is 3. The predicted octanol–water partition coefficient (Wildman–Crippen LogP) is 5.28. The number of hydrogen-bond donors (Lipinski definition) is 2. The third-order valence-electron chi connectivity index (χ3n) is 6.16. The molecular weight excluding hydrogens is 529 g/mol. The van der Waals surface area contributed by atoms with E-state index in [1.54, 1.807) is 37.3 Å². The van der Waals surface area contributed by atoms with E-state index in [0.29, 0.717) is 42.5 Å². The Bertz CT molecular complexity index is 1530. The van der Waals surface area contributed by atoms with Crippen molar-refractivity contribution in [3.05, 3.63) is 87.2 Å². The second kappa shape index (κ2) is 11.7. The van der Waals surface area contributed by atoms with Crippen LogP contribution in [0.4, 0.5) is 21.7 Å². The molecule has 0 spiro atoms. The van der Waals surface area contributed by atoms with Gasteiger partial charge in [-0.1, -0.05) is 23.7 Å². The van der Waals surface area contributed by atoms with Gasteiger partial charge in [-0.15, -0.1) is 0 Å². The lowest BCUT2D eigenvalue weighted by Crippen LogP contribution is -2.33. The van der Waals surface area contributed by atoms with Crippen LogP contribution in [0.1, 0.15) is 24.2 Å². The quantitative estimate of drug-likeness (QED) is 0.302. The normalized spacial score (nSPS) is 13.7. The number of aromatic nitrogens is 3. The Hall–Kier alpha value is -4.22. The molecule has 2 aromatic heterocycles. The molecule has 12 heteroatoms. The van der Waals surface area contributed by atoms with Crippen molar-refractivity contribution in [1.29, 1.82) is 0 Å². The van der Waals surface area contributed by atoms with E-state index in [9.17, 15) is 14.0 Å². The van der Waals surface area contributed by atoms with E-state index in [-0.39, 0.29) is 41.6 Å². The number of nitrogens with one attached hydrogen (secondary N) is 2. The third kappa shape index (κ3) is 6.44. The molecule has 1 saturated heterocycles. The molecule has 4 aromatic rings. The summed E-state index contributed by atoms with van der Waals surface area (Å²) in [7, 11) is 0. The lowest BCUT2D eigenvalue weighted by atomic mass is 9.99. The summed E-state index contributed by atoms with van der Waals surface area (Å²) >= 11 is 6.02. The fraction of sp³-hybridized carbons (Fsp3) is 0.259. The zero-order chi connectivity index (χ0) is 27.4. The van der Waals surface area contributed by atoms with Gasteiger partial charge in [0.2, 0.25) is 11.9 Å². The maximum absolute atomic E-state index is 14.8. The molecule has 10 nitrogen and oxygen atoms in total. The number of anilines is 3. The average molecular weight is 554 g/mol. The summed E-state index contributed by atoms with van der Waals surface area (Å²) in [6, 6.07) is 12.7. The third-order valence-corrected chi connectivity index (χ3v) is 6.41. The van der Waals surface area contributed by atoms with Crippen molar-refractivity contribution in [2.24, 2.45) is 5.92 Å². The average Bonchev–Trinajstić information content (AvgIpc) is 3.35. The topological polar surface area (TPSA) is 121 Å². The van der Waals surface area contributed by atoms with Gasteiger partial charge >= 0.3 is 0 Å². The highest BCUT2D eigenvalue weighted by Crippen LogP contribution is 2.28. The Balaban J connectivity index is 1.42. The molecule has 0 saturated carbocycles. The molecule has 2 N–H and O–H groups in total. The van der Waals surface area contributed by atoms with Crippen molar-refractivity contribution in [2.45, 2.75) is 26.3 Å². The number of ether oxygens (including phenoxy) is 2. The van der Waals surface area contributed by atoms with Gasteiger partial charge in [0.25, 0.3) is 11.4 Å². The smallest absolute Gasteiger partial charge is 0.279 e. The Labute approximate surface area is 227 Å². The Morgan fingerprint density at radius 2 is 1.95 bits per heavy atom. The molecule has 0 radical (unpaired) electrons. The summed E-state index contributed by atoms with van der Waals surface area (Å²) in [4.78, 5) is 30.7. The molecule has 2 aromatic carbocycles. The van der Waals surface area contributed by atoms with Gasteiger partial charge in [-0.3, -0.25) is 14.2 Å². The Morgan fingerprint density at radius 1 is 1.18 bits per heavy atom. The van der Waals surface area contributed by atoms with Crippen molar-refractivity contribution < 1.29 is 23.2 Å². The zero-order valence-electron chi connectivity index (χ0n) is 20.9. The van der Waals surface area contributed by atoms with Crippen LogP contribution in [0, 0.1) is 18.7 Å². The number of carbonyl (C=O) groups is 1. The van der Waals surface area contributed by atoms with E-state index in [0.717, 1.165) is 5.56 Å². The molecule has 39 heavy (non-hydrogen) atoms. The molecule has 0 aliphatic carbocycles. The number of benzene rings is 2. The molecule has 1 aliphatic rings. The van der Waals surface area contributed by atoms with Crippen LogP contribution in [-0.4, -0.2) is 33.8 Å². The lowest BCUT2D eigenvalue weighted by molar-refractivity contribution is -0.122. The molecule has 202 valence electrons. The molecule has 0 bridgehead atoms. The molecule has 1 amide bonds. The number of aryl methyl sites for hydroxylation is 1. The van der Waals surface area contributed by atoms with Gasteiger partial charge in [-0.2, -0.15) is 0 Å². The summed E-state index contributed by atoms with van der Waals surface area (Å²) < 4.78 is 31.9. The molecule has 0 unspecified atom stereocenters. The lowest BCUT2D eigenvalue weighted by Gasteiger charge is -2.21. The van der Waals surface area contributed by atoms with Crippen LogP contribution in [0.25, 0.3) is 0 Å². The molecule has 1 fully saturated rings. The molecule has 3 heterocycles. The molecule has 1 aliphatic heterocycles. The summed E-state index contributed by atoms with van der Waals surface area (Å²) in [6.07, 6.45) is 2.46. The second-order valence-corrected chi connectivity index (χ2v) is 9.47. The van der Waals surface area contributed by atoms with Crippen molar-refractivity contribution in [1.82, 2.24) is 14.7 Å². The van der Waals surface area contributed by atoms with Crippen LogP contribution in [0.2, 0.25) is 5.02 Å². The highest BCUT2D eigenvalue weighted by molar-refractivity contribution is 6.30. The fourth-order valence-electron chi connectivity index (χ4n) is 4.09. The highest BCUT2D eigenvalue weighted by atomic mass is 35.5. The van der Waals surface area contributed by atoms with Crippen LogP contribution in [0.3, 0.4) is 0 Å². The zero-order valence-corrected chi connectivity index (χ0v) is 21.7. The van der Waals surface area contributed by atoms with E-state index in [1.165, 1.54) is 29.0 Å². The SMILES string of the molecule is Cc1cc(Oc2ccc(Nc3ncc(NC(=O)C4CCOCC4)c(=O)n3Cc3ccc(Cl)cc3)cc2F)no1. The summed E-state index contributed by atoms with van der Waals surface area (Å²) in [6.45, 7) is 2.82. The number of hydrogen-bond acceptors (Lipinski definition) is 8. The minimum absolute atomic E-state index is 0.0452. The second-order valence-electron chi connectivity index (χ2n) is 9.04. The first-order chi connectivity index (χ1) is 18.9. The van der Waals surface area contributed by atoms with E-state index in [2.05, 4.69) is 20.8 Å². The number of amides is 1. The summed E-state index contributed by atoms with van der Waals surface area (Å²) in [5.74, 6) is -0.399. The van der Waals surface area contributed by atoms with E-state index in [1.807, 2.05) is 0 Å². The van der Waals surface area contributed by atoms with Gasteiger partial charge in [-0.05, 0) is 54.8 Å². The van der Waals surface area contributed by atoms with Gasteiger partial charge in [0.15, 0.2) is 11.6 Å². The molecular formula is C27H25ClFN5O5. The van der Waals surface area contributed by atoms with Gasteiger partial charge in [-0.25, -0.2) is 9.37 Å². The highest BCUT2D eigenvalue weighted by Gasteiger charge is 2.23. The van der Waals surface area contributed by atoms with Crippen molar-refractivity contribution >= 4 is 34.8 Å². The van der Waals surface area contributed by atoms with Crippen LogP contribution >= 0.6 is 11.6 Å². The maximum atomic E-state index is 14.8. The standard InChI is InChI=1S/C27H25ClFN5O5/c1-16-12-24(33-39-16)38-23-7-6-20(13-21(23)29)31-27-30-14-22(32-25(35)18-8-10-37-11-9-18)26(36)34(27)15-17-2-4-19(28)5-3-17/h2-7,12-14,18H,8-11,15H2,1H3,(H,30,31)(H,32,35). The van der Waals surface area contributed by atoms with Crippen LogP contribution in [0.15, 0.2) is 64.0 Å². The van der Waals surface area contributed by atoms with E-state index in [4.69, 9.17) is 25.6 Å². The van der Waals surface area contributed by atoms with Gasteiger partial charge < -0.3 is 24.6 Å². The van der Waals surface area contributed by atoms with Gasteiger partial charge in [0.05, 0.1) is 12.7 Å². The number of rotatable bonds is 8. The summed E-state index contributed by atoms with van der Waals surface area (Å²) in [5.41, 5.74) is 0.678. The van der Waals surface area contributed by atoms with Crippen molar-refractivity contribution in [2.75, 3.05) is 23.8 Å². The minimum Gasteiger partial charge on any atom is -0.433 e. The van der Waals surface area contributed by atoms with Crippen LogP contribution < -0.4 is 20.9 Å².